The third kappa shape index (κ3) is 4.62. The first kappa shape index (κ1) is 15.0. The van der Waals surface area contributed by atoms with Crippen molar-refractivity contribution in [2.24, 2.45) is 11.3 Å². The van der Waals surface area contributed by atoms with Gasteiger partial charge in [0.2, 0.25) is 0 Å². The van der Waals surface area contributed by atoms with Crippen LogP contribution in [0.1, 0.15) is 63.2 Å². The second-order valence-electron chi connectivity index (χ2n) is 7.20. The minimum Gasteiger partial charge on any atom is -0.349 e. The lowest BCUT2D eigenvalue weighted by Crippen LogP contribution is -2.38. The van der Waals surface area contributed by atoms with Crippen LogP contribution >= 0.6 is 0 Å². The van der Waals surface area contributed by atoms with Gasteiger partial charge in [-0.05, 0) is 55.6 Å². The fraction of sp³-hybridized carbons (Fsp3) is 0.647. The molecule has 0 spiro atoms. The van der Waals surface area contributed by atoms with Crippen molar-refractivity contribution in [3.63, 3.8) is 0 Å². The Hall–Kier alpha value is -1.38. The molecule has 3 nitrogen and oxygen atoms in total. The Labute approximate surface area is 122 Å². The SMILES string of the molecule is CC(C)(C)C[C@H]1CC[C@H](NC(=O)c2cccnc2)CC1. The van der Waals surface area contributed by atoms with Gasteiger partial charge >= 0.3 is 0 Å². The Morgan fingerprint density at radius 3 is 2.55 bits per heavy atom. The quantitative estimate of drug-likeness (QED) is 0.910. The number of hydrogen-bond acceptors (Lipinski definition) is 2. The van der Waals surface area contributed by atoms with E-state index in [0.29, 0.717) is 17.0 Å². The summed E-state index contributed by atoms with van der Waals surface area (Å²) in [6, 6.07) is 3.95. The molecule has 1 saturated carbocycles. The summed E-state index contributed by atoms with van der Waals surface area (Å²) in [6.45, 7) is 6.93. The first-order valence-electron chi connectivity index (χ1n) is 7.65. The van der Waals surface area contributed by atoms with E-state index >= 15 is 0 Å². The maximum Gasteiger partial charge on any atom is 0.253 e. The van der Waals surface area contributed by atoms with E-state index in [1.54, 1.807) is 18.5 Å². The summed E-state index contributed by atoms with van der Waals surface area (Å²) in [5.74, 6) is 0.832. The molecule has 20 heavy (non-hydrogen) atoms. The smallest absolute Gasteiger partial charge is 0.253 e. The van der Waals surface area contributed by atoms with Gasteiger partial charge < -0.3 is 5.32 Å². The molecule has 1 N–H and O–H groups in total. The second-order valence-corrected chi connectivity index (χ2v) is 7.20. The lowest BCUT2D eigenvalue weighted by Gasteiger charge is -2.33. The van der Waals surface area contributed by atoms with Crippen molar-refractivity contribution in [1.29, 1.82) is 0 Å². The Morgan fingerprint density at radius 1 is 1.30 bits per heavy atom. The molecule has 0 unspecified atom stereocenters. The highest BCUT2D eigenvalue weighted by Crippen LogP contribution is 2.34. The molecule has 3 heteroatoms. The Kier molecular flexibility index (Phi) is 4.79. The van der Waals surface area contributed by atoms with E-state index in [0.717, 1.165) is 18.8 Å². The number of carbonyl (C=O) groups excluding carboxylic acids is 1. The summed E-state index contributed by atoms with van der Waals surface area (Å²) in [5.41, 5.74) is 1.07. The summed E-state index contributed by atoms with van der Waals surface area (Å²) in [7, 11) is 0. The van der Waals surface area contributed by atoms with Gasteiger partial charge in [-0.15, -0.1) is 0 Å². The molecule has 0 atom stereocenters. The van der Waals surface area contributed by atoms with Crippen LogP contribution in [0, 0.1) is 11.3 Å². The average molecular weight is 274 g/mol. The fourth-order valence-electron chi connectivity index (χ4n) is 3.14. The van der Waals surface area contributed by atoms with Crippen LogP contribution in [0.15, 0.2) is 24.5 Å². The highest BCUT2D eigenvalue weighted by Gasteiger charge is 2.25. The fourth-order valence-corrected chi connectivity index (χ4v) is 3.14. The van der Waals surface area contributed by atoms with Crippen LogP contribution in [-0.2, 0) is 0 Å². The molecular formula is C17H26N2O. The predicted octanol–water partition coefficient (Wildman–Crippen LogP) is 3.81. The molecule has 110 valence electrons. The molecule has 1 fully saturated rings. The van der Waals surface area contributed by atoms with E-state index in [9.17, 15) is 4.79 Å². The van der Waals surface area contributed by atoms with Gasteiger partial charge in [-0.1, -0.05) is 20.8 Å². The Balaban J connectivity index is 1.79. The first-order valence-corrected chi connectivity index (χ1v) is 7.65. The highest BCUT2D eigenvalue weighted by molar-refractivity contribution is 5.93. The molecule has 0 aromatic carbocycles. The lowest BCUT2D eigenvalue weighted by molar-refractivity contribution is 0.0916. The summed E-state index contributed by atoms with van der Waals surface area (Å²) >= 11 is 0. The van der Waals surface area contributed by atoms with Crippen LogP contribution < -0.4 is 5.32 Å². The standard InChI is InChI=1S/C17H26N2O/c1-17(2,3)11-13-6-8-15(9-7-13)19-16(20)14-5-4-10-18-12-14/h4-5,10,12-13,15H,6-9,11H2,1-3H3,(H,19,20)/t13-,15-. The monoisotopic (exact) mass is 274 g/mol. The molecule has 0 saturated heterocycles. The Bertz CT molecular complexity index is 428. The van der Waals surface area contributed by atoms with Crippen molar-refractivity contribution in [3.05, 3.63) is 30.1 Å². The number of pyridine rings is 1. The number of rotatable bonds is 3. The van der Waals surface area contributed by atoms with Crippen LogP contribution in [0.25, 0.3) is 0 Å². The summed E-state index contributed by atoms with van der Waals surface area (Å²) in [6.07, 6.45) is 9.27. The minimum absolute atomic E-state index is 0.0115. The van der Waals surface area contributed by atoms with E-state index in [2.05, 4.69) is 31.1 Å². The average Bonchev–Trinajstić information content (AvgIpc) is 2.40. The van der Waals surface area contributed by atoms with E-state index in [-0.39, 0.29) is 5.91 Å². The first-order chi connectivity index (χ1) is 9.44. The number of carbonyl (C=O) groups is 1. The minimum atomic E-state index is 0.0115. The highest BCUT2D eigenvalue weighted by atomic mass is 16.1. The Morgan fingerprint density at radius 2 is 2.00 bits per heavy atom. The van der Waals surface area contributed by atoms with E-state index < -0.39 is 0 Å². The van der Waals surface area contributed by atoms with Crippen molar-refractivity contribution in [2.45, 2.75) is 58.9 Å². The molecule has 1 aromatic heterocycles. The third-order valence-corrected chi connectivity index (χ3v) is 4.01. The summed E-state index contributed by atoms with van der Waals surface area (Å²) in [4.78, 5) is 16.1. The van der Waals surface area contributed by atoms with Crippen molar-refractivity contribution in [1.82, 2.24) is 10.3 Å². The van der Waals surface area contributed by atoms with Gasteiger partial charge in [-0.2, -0.15) is 0 Å². The van der Waals surface area contributed by atoms with Crippen LogP contribution in [0.4, 0.5) is 0 Å². The number of nitrogens with one attached hydrogen (secondary N) is 1. The number of aromatic nitrogens is 1. The van der Waals surface area contributed by atoms with Gasteiger partial charge in [0.05, 0.1) is 5.56 Å². The summed E-state index contributed by atoms with van der Waals surface area (Å²) in [5, 5.41) is 3.14. The van der Waals surface area contributed by atoms with E-state index in [1.807, 2.05) is 6.07 Å². The topological polar surface area (TPSA) is 42.0 Å². The number of nitrogens with zero attached hydrogens (tertiary/aromatic N) is 1. The zero-order chi connectivity index (χ0) is 14.6. The lowest BCUT2D eigenvalue weighted by atomic mass is 9.76. The van der Waals surface area contributed by atoms with Gasteiger partial charge in [0.25, 0.3) is 5.91 Å². The van der Waals surface area contributed by atoms with Gasteiger partial charge in [0, 0.05) is 18.4 Å². The van der Waals surface area contributed by atoms with Gasteiger partial charge in [0.1, 0.15) is 0 Å². The van der Waals surface area contributed by atoms with Gasteiger partial charge in [-0.3, -0.25) is 9.78 Å². The molecule has 0 bridgehead atoms. The van der Waals surface area contributed by atoms with Crippen molar-refractivity contribution < 1.29 is 4.79 Å². The van der Waals surface area contributed by atoms with Gasteiger partial charge in [-0.25, -0.2) is 0 Å². The van der Waals surface area contributed by atoms with Gasteiger partial charge in [0.15, 0.2) is 0 Å². The zero-order valence-corrected chi connectivity index (χ0v) is 12.9. The molecule has 1 aliphatic rings. The molecule has 1 aromatic rings. The van der Waals surface area contributed by atoms with Crippen LogP contribution in [-0.4, -0.2) is 16.9 Å². The number of hydrogen-bond donors (Lipinski definition) is 1. The number of amides is 1. The van der Waals surface area contributed by atoms with Crippen LogP contribution in [0.2, 0.25) is 0 Å². The third-order valence-electron chi connectivity index (χ3n) is 4.01. The molecule has 0 radical (unpaired) electrons. The van der Waals surface area contributed by atoms with Crippen LogP contribution in [0.5, 0.6) is 0 Å². The predicted molar refractivity (Wildman–Crippen MR) is 81.5 cm³/mol. The molecule has 0 aliphatic heterocycles. The molecule has 1 aliphatic carbocycles. The molecule has 1 amide bonds. The normalized spacial score (nSPS) is 23.4. The van der Waals surface area contributed by atoms with Crippen molar-refractivity contribution in [2.75, 3.05) is 0 Å². The zero-order valence-electron chi connectivity index (χ0n) is 12.9. The molecule has 2 rings (SSSR count). The summed E-state index contributed by atoms with van der Waals surface area (Å²) < 4.78 is 0. The molecule has 1 heterocycles. The van der Waals surface area contributed by atoms with Crippen molar-refractivity contribution in [3.8, 4) is 0 Å². The van der Waals surface area contributed by atoms with Crippen molar-refractivity contribution >= 4 is 5.91 Å². The molecular weight excluding hydrogens is 248 g/mol. The van der Waals surface area contributed by atoms with E-state index in [1.165, 1.54) is 19.3 Å². The van der Waals surface area contributed by atoms with Crippen LogP contribution in [0.3, 0.4) is 0 Å². The maximum absolute atomic E-state index is 12.1. The second kappa shape index (κ2) is 6.38. The maximum atomic E-state index is 12.1. The van der Waals surface area contributed by atoms with E-state index in [4.69, 9.17) is 0 Å². The largest absolute Gasteiger partial charge is 0.349 e.